The predicted molar refractivity (Wildman–Crippen MR) is 83.6 cm³/mol. The fourth-order valence-corrected chi connectivity index (χ4v) is 3.22. The Hall–Kier alpha value is -0.990. The molecule has 0 unspecified atom stereocenters. The van der Waals surface area contributed by atoms with Crippen LogP contribution in [0.5, 0.6) is 0 Å². The van der Waals surface area contributed by atoms with Crippen LogP contribution in [0, 0.1) is 0 Å². The van der Waals surface area contributed by atoms with E-state index in [1.807, 2.05) is 11.8 Å². The minimum atomic E-state index is 0.274. The summed E-state index contributed by atoms with van der Waals surface area (Å²) in [5.41, 5.74) is 4.24. The zero-order valence-corrected chi connectivity index (χ0v) is 12.4. The van der Waals surface area contributed by atoms with Gasteiger partial charge in [0.1, 0.15) is 0 Å². The van der Waals surface area contributed by atoms with E-state index in [1.165, 1.54) is 34.4 Å². The molecule has 102 valence electrons. The molecule has 2 heteroatoms. The monoisotopic (exact) mass is 274 g/mol. The van der Waals surface area contributed by atoms with Gasteiger partial charge in [0.15, 0.2) is 0 Å². The maximum atomic E-state index is 8.82. The fourth-order valence-electron chi connectivity index (χ4n) is 2.22. The minimum Gasteiger partial charge on any atom is -0.396 e. The zero-order chi connectivity index (χ0) is 13.5. The SMILES string of the molecule is CC1=CCCC=C1CSc1ccc(CCCO)cc1. The Bertz CT molecular complexity index is 457. The lowest BCUT2D eigenvalue weighted by atomic mass is 10.0. The van der Waals surface area contributed by atoms with Crippen LogP contribution >= 0.6 is 11.8 Å². The Kier molecular flexibility index (Phi) is 5.74. The van der Waals surface area contributed by atoms with Crippen molar-refractivity contribution < 1.29 is 5.11 Å². The summed E-state index contributed by atoms with van der Waals surface area (Å²) in [6, 6.07) is 8.74. The Morgan fingerprint density at radius 1 is 1.11 bits per heavy atom. The van der Waals surface area contributed by atoms with E-state index >= 15 is 0 Å². The van der Waals surface area contributed by atoms with Gasteiger partial charge in [0, 0.05) is 17.3 Å². The lowest BCUT2D eigenvalue weighted by Crippen LogP contribution is -1.95. The van der Waals surface area contributed by atoms with E-state index in [0.29, 0.717) is 0 Å². The van der Waals surface area contributed by atoms with Crippen LogP contribution in [0.4, 0.5) is 0 Å². The van der Waals surface area contributed by atoms with E-state index in [2.05, 4.69) is 43.3 Å². The summed E-state index contributed by atoms with van der Waals surface area (Å²) in [4.78, 5) is 1.33. The van der Waals surface area contributed by atoms with Crippen LogP contribution in [0.2, 0.25) is 0 Å². The Morgan fingerprint density at radius 3 is 2.53 bits per heavy atom. The van der Waals surface area contributed by atoms with Crippen LogP contribution in [0.3, 0.4) is 0 Å². The third-order valence-corrected chi connectivity index (χ3v) is 4.52. The van der Waals surface area contributed by atoms with Crippen molar-refractivity contribution in [3.05, 3.63) is 53.1 Å². The first kappa shape index (κ1) is 14.4. The van der Waals surface area contributed by atoms with Gasteiger partial charge in [-0.25, -0.2) is 0 Å². The third kappa shape index (κ3) is 4.55. The highest BCUT2D eigenvalue weighted by Crippen LogP contribution is 2.26. The van der Waals surface area contributed by atoms with Gasteiger partial charge in [-0.1, -0.05) is 29.9 Å². The smallest absolute Gasteiger partial charge is 0.0434 e. The molecule has 1 N–H and O–H groups in total. The van der Waals surface area contributed by atoms with Gasteiger partial charge in [0.25, 0.3) is 0 Å². The first-order valence-electron chi connectivity index (χ1n) is 6.98. The van der Waals surface area contributed by atoms with Gasteiger partial charge in [-0.15, -0.1) is 11.8 Å². The minimum absolute atomic E-state index is 0.274. The molecular formula is C17H22OS. The van der Waals surface area contributed by atoms with Crippen molar-refractivity contribution in [2.75, 3.05) is 12.4 Å². The normalized spacial score (nSPS) is 15.1. The highest BCUT2D eigenvalue weighted by atomic mass is 32.2. The van der Waals surface area contributed by atoms with Crippen molar-refractivity contribution in [1.82, 2.24) is 0 Å². The van der Waals surface area contributed by atoms with Crippen molar-refractivity contribution in [1.29, 1.82) is 0 Å². The summed E-state index contributed by atoms with van der Waals surface area (Å²) in [6.45, 7) is 2.49. The number of hydrogen-bond acceptors (Lipinski definition) is 2. The average Bonchev–Trinajstić information content (AvgIpc) is 2.45. The largest absolute Gasteiger partial charge is 0.396 e. The molecule has 1 aromatic rings. The van der Waals surface area contributed by atoms with Crippen LogP contribution in [0.1, 0.15) is 31.7 Å². The second-order valence-electron chi connectivity index (χ2n) is 4.95. The van der Waals surface area contributed by atoms with E-state index in [0.717, 1.165) is 18.6 Å². The number of benzene rings is 1. The number of aryl methyl sites for hydroxylation is 1. The van der Waals surface area contributed by atoms with Gasteiger partial charge >= 0.3 is 0 Å². The molecule has 0 saturated carbocycles. The number of aliphatic hydroxyl groups excluding tert-OH is 1. The van der Waals surface area contributed by atoms with E-state index in [9.17, 15) is 0 Å². The van der Waals surface area contributed by atoms with Crippen molar-refractivity contribution in [2.24, 2.45) is 0 Å². The lowest BCUT2D eigenvalue weighted by Gasteiger charge is -2.12. The summed E-state index contributed by atoms with van der Waals surface area (Å²) in [5.74, 6) is 1.07. The molecule has 1 aromatic carbocycles. The predicted octanol–water partition coefficient (Wildman–Crippen LogP) is 4.37. The molecular weight excluding hydrogens is 252 g/mol. The van der Waals surface area contributed by atoms with E-state index in [4.69, 9.17) is 5.11 Å². The van der Waals surface area contributed by atoms with Crippen LogP contribution in [-0.4, -0.2) is 17.5 Å². The first-order chi connectivity index (χ1) is 9.29. The lowest BCUT2D eigenvalue weighted by molar-refractivity contribution is 0.288. The van der Waals surface area contributed by atoms with Gasteiger partial charge in [0.2, 0.25) is 0 Å². The summed E-state index contributed by atoms with van der Waals surface area (Å²) in [6.07, 6.45) is 8.91. The number of thioether (sulfide) groups is 1. The van der Waals surface area contributed by atoms with Gasteiger partial charge < -0.3 is 5.11 Å². The molecule has 0 bridgehead atoms. The third-order valence-electron chi connectivity index (χ3n) is 3.46. The molecule has 19 heavy (non-hydrogen) atoms. The second-order valence-corrected chi connectivity index (χ2v) is 6.00. The molecule has 2 rings (SSSR count). The molecule has 0 fully saturated rings. The average molecular weight is 274 g/mol. The molecule has 0 spiro atoms. The van der Waals surface area contributed by atoms with Crippen molar-refractivity contribution >= 4 is 11.8 Å². The number of aliphatic hydroxyl groups is 1. The maximum absolute atomic E-state index is 8.82. The quantitative estimate of drug-likeness (QED) is 0.777. The molecule has 1 aliphatic carbocycles. The molecule has 1 aliphatic rings. The van der Waals surface area contributed by atoms with Gasteiger partial charge in [-0.2, -0.15) is 0 Å². The Morgan fingerprint density at radius 2 is 1.84 bits per heavy atom. The number of allylic oxidation sites excluding steroid dienone is 3. The summed E-state index contributed by atoms with van der Waals surface area (Å²) >= 11 is 1.90. The fraction of sp³-hybridized carbons (Fsp3) is 0.412. The second kappa shape index (κ2) is 7.56. The van der Waals surface area contributed by atoms with Crippen molar-refractivity contribution in [3.8, 4) is 0 Å². The van der Waals surface area contributed by atoms with Crippen LogP contribution in [0.15, 0.2) is 52.5 Å². The van der Waals surface area contributed by atoms with Crippen LogP contribution in [-0.2, 0) is 6.42 Å². The Labute approximate surface area is 120 Å². The maximum Gasteiger partial charge on any atom is 0.0434 e. The van der Waals surface area contributed by atoms with Crippen molar-refractivity contribution in [2.45, 2.75) is 37.5 Å². The molecule has 0 atom stereocenters. The molecule has 1 nitrogen and oxygen atoms in total. The highest BCUT2D eigenvalue weighted by molar-refractivity contribution is 7.99. The highest BCUT2D eigenvalue weighted by Gasteiger charge is 2.05. The first-order valence-corrected chi connectivity index (χ1v) is 7.97. The summed E-state index contributed by atoms with van der Waals surface area (Å²) in [7, 11) is 0. The van der Waals surface area contributed by atoms with E-state index in [1.54, 1.807) is 0 Å². The van der Waals surface area contributed by atoms with Crippen LogP contribution < -0.4 is 0 Å². The molecule has 0 amide bonds. The number of hydrogen-bond donors (Lipinski definition) is 1. The Balaban J connectivity index is 1.86. The van der Waals surface area contributed by atoms with Crippen molar-refractivity contribution in [3.63, 3.8) is 0 Å². The zero-order valence-electron chi connectivity index (χ0n) is 11.6. The van der Waals surface area contributed by atoms with Gasteiger partial charge in [-0.05, 0) is 55.9 Å². The number of rotatable bonds is 6. The summed E-state index contributed by atoms with van der Waals surface area (Å²) in [5, 5.41) is 8.82. The van der Waals surface area contributed by atoms with Crippen LogP contribution in [0.25, 0.3) is 0 Å². The van der Waals surface area contributed by atoms with E-state index in [-0.39, 0.29) is 6.61 Å². The van der Waals surface area contributed by atoms with Gasteiger partial charge in [-0.3, -0.25) is 0 Å². The van der Waals surface area contributed by atoms with Gasteiger partial charge in [0.05, 0.1) is 0 Å². The molecule has 0 aliphatic heterocycles. The molecule has 0 saturated heterocycles. The molecule has 0 aromatic heterocycles. The molecule has 0 heterocycles. The van der Waals surface area contributed by atoms with E-state index < -0.39 is 0 Å². The topological polar surface area (TPSA) is 20.2 Å². The molecule has 0 radical (unpaired) electrons. The summed E-state index contributed by atoms with van der Waals surface area (Å²) < 4.78 is 0. The standard InChI is InChI=1S/C17H22OS/c1-14-5-2-3-7-16(14)13-19-17-10-8-15(9-11-17)6-4-12-18/h5,7-11,18H,2-4,6,12-13H2,1H3.